The monoisotopic (exact) mass is 538 g/mol. The molecule has 4 rings (SSSR count). The summed E-state index contributed by atoms with van der Waals surface area (Å²) in [5.41, 5.74) is 5.06. The van der Waals surface area contributed by atoms with Crippen LogP contribution in [0.4, 0.5) is 8.78 Å². The van der Waals surface area contributed by atoms with Gasteiger partial charge in [-0.3, -0.25) is 9.59 Å². The number of alkyl halides is 1. The molecule has 9 heteroatoms. The number of amides is 2. The van der Waals surface area contributed by atoms with Crippen LogP contribution in [0, 0.1) is 23.1 Å². The third-order valence-electron chi connectivity index (χ3n) is 7.51. The molecule has 2 fully saturated rings. The van der Waals surface area contributed by atoms with E-state index in [2.05, 4.69) is 11.0 Å². The van der Waals surface area contributed by atoms with Crippen molar-refractivity contribution in [2.75, 3.05) is 32.8 Å². The van der Waals surface area contributed by atoms with Gasteiger partial charge >= 0.3 is 0 Å². The number of carbonyl (C=O) groups excluding carboxylic acids is 2. The fraction of sp³-hybridized carbons (Fsp3) is 0.500. The lowest BCUT2D eigenvalue weighted by atomic mass is 9.93. The number of primary amides is 1. The Kier molecular flexibility index (Phi) is 8.86. The number of piperidine rings is 2. The summed E-state index contributed by atoms with van der Waals surface area (Å²) >= 11 is 0. The zero-order valence-electron chi connectivity index (χ0n) is 22.6. The summed E-state index contributed by atoms with van der Waals surface area (Å²) in [5, 5.41) is 9.91. The van der Waals surface area contributed by atoms with Gasteiger partial charge in [-0.25, -0.2) is 8.78 Å². The Balaban J connectivity index is 1.51. The number of hydrogen-bond acceptors (Lipinski definition) is 5. The summed E-state index contributed by atoms with van der Waals surface area (Å²) in [6, 6.07) is 10.6. The van der Waals surface area contributed by atoms with E-state index in [0.717, 1.165) is 32.4 Å². The maximum absolute atomic E-state index is 15.1. The molecule has 0 saturated carbocycles. The highest BCUT2D eigenvalue weighted by molar-refractivity contribution is 6.03. The van der Waals surface area contributed by atoms with E-state index in [1.807, 2.05) is 0 Å². The topological polar surface area (TPSA) is 99.7 Å². The minimum atomic E-state index is -1.22. The molecule has 1 atom stereocenters. The van der Waals surface area contributed by atoms with Crippen LogP contribution in [0.25, 0.3) is 11.1 Å². The summed E-state index contributed by atoms with van der Waals surface area (Å²) in [6.45, 7) is 6.01. The number of halogens is 2. The van der Waals surface area contributed by atoms with Gasteiger partial charge in [-0.2, -0.15) is 5.26 Å². The molecule has 208 valence electrons. The highest BCUT2D eigenvalue weighted by atomic mass is 19.1. The Bertz CT molecular complexity index is 1250. The van der Waals surface area contributed by atoms with Crippen molar-refractivity contribution < 1.29 is 23.1 Å². The molecule has 7 nitrogen and oxygen atoms in total. The number of rotatable bonds is 8. The molecule has 2 heterocycles. The lowest BCUT2D eigenvalue weighted by Crippen LogP contribution is -2.50. The van der Waals surface area contributed by atoms with Crippen LogP contribution in [0.2, 0.25) is 0 Å². The molecule has 0 unspecified atom stereocenters. The number of carbonyl (C=O) groups is 2. The van der Waals surface area contributed by atoms with Gasteiger partial charge in [0, 0.05) is 18.7 Å². The van der Waals surface area contributed by atoms with Gasteiger partial charge in [0.1, 0.15) is 23.3 Å². The second-order valence-corrected chi connectivity index (χ2v) is 11.1. The number of nitrogens with two attached hydrogens (primary N) is 1. The Morgan fingerprint density at radius 2 is 1.85 bits per heavy atom. The van der Waals surface area contributed by atoms with Crippen molar-refractivity contribution in [2.45, 2.75) is 57.7 Å². The number of benzene rings is 2. The van der Waals surface area contributed by atoms with Crippen LogP contribution >= 0.6 is 0 Å². The Hall–Kier alpha value is -3.51. The Morgan fingerprint density at radius 1 is 1.10 bits per heavy atom. The molecule has 2 amide bonds. The fourth-order valence-electron chi connectivity index (χ4n) is 5.58. The van der Waals surface area contributed by atoms with Gasteiger partial charge in [-0.05, 0) is 94.8 Å². The van der Waals surface area contributed by atoms with Crippen molar-refractivity contribution in [3.05, 3.63) is 53.3 Å². The average Bonchev–Trinajstić information content (AvgIpc) is 2.91. The van der Waals surface area contributed by atoms with Crippen molar-refractivity contribution in [2.24, 2.45) is 11.7 Å². The summed E-state index contributed by atoms with van der Waals surface area (Å²) in [7, 11) is 0. The molecule has 0 aliphatic carbocycles. The number of hydrogen-bond donors (Lipinski definition) is 1. The molecular weight excluding hydrogens is 502 g/mol. The van der Waals surface area contributed by atoms with Crippen molar-refractivity contribution in [3.8, 4) is 22.9 Å². The van der Waals surface area contributed by atoms with E-state index in [1.165, 1.54) is 17.0 Å². The van der Waals surface area contributed by atoms with Gasteiger partial charge in [0.2, 0.25) is 5.91 Å². The van der Waals surface area contributed by atoms with Gasteiger partial charge in [0.25, 0.3) is 5.91 Å². The fourth-order valence-corrected chi connectivity index (χ4v) is 5.58. The molecule has 0 spiro atoms. The SMILES string of the molecule is CC(C)(F)CN1CCC(COc2ccc(-c3cccc(F)c3C(=O)N3CCCC[C@@H]3C(N)=O)c(C#N)c2)CC1. The lowest BCUT2D eigenvalue weighted by Gasteiger charge is -2.34. The minimum absolute atomic E-state index is 0.181. The van der Waals surface area contributed by atoms with Gasteiger partial charge < -0.3 is 20.3 Å². The first-order valence-electron chi connectivity index (χ1n) is 13.5. The van der Waals surface area contributed by atoms with Crippen LogP contribution in [0.5, 0.6) is 5.75 Å². The minimum Gasteiger partial charge on any atom is -0.493 e. The number of likely N-dealkylation sites (tertiary alicyclic amines) is 2. The largest absolute Gasteiger partial charge is 0.493 e. The lowest BCUT2D eigenvalue weighted by molar-refractivity contribution is -0.123. The number of ether oxygens (including phenoxy) is 1. The molecule has 0 bridgehead atoms. The second-order valence-electron chi connectivity index (χ2n) is 11.1. The molecule has 2 aliphatic rings. The van der Waals surface area contributed by atoms with Crippen molar-refractivity contribution in [1.29, 1.82) is 5.26 Å². The molecule has 0 radical (unpaired) electrons. The van der Waals surface area contributed by atoms with Crippen LogP contribution in [0.1, 0.15) is 61.9 Å². The van der Waals surface area contributed by atoms with Gasteiger partial charge in [-0.1, -0.05) is 12.1 Å². The van der Waals surface area contributed by atoms with Crippen molar-refractivity contribution >= 4 is 11.8 Å². The van der Waals surface area contributed by atoms with Crippen LogP contribution in [-0.2, 0) is 4.79 Å². The predicted molar refractivity (Wildman–Crippen MR) is 144 cm³/mol. The summed E-state index contributed by atoms with van der Waals surface area (Å²) < 4.78 is 35.1. The Morgan fingerprint density at radius 3 is 2.51 bits per heavy atom. The zero-order valence-corrected chi connectivity index (χ0v) is 22.6. The smallest absolute Gasteiger partial charge is 0.258 e. The quantitative estimate of drug-likeness (QED) is 0.526. The van der Waals surface area contributed by atoms with Crippen molar-refractivity contribution in [3.63, 3.8) is 0 Å². The van der Waals surface area contributed by atoms with Gasteiger partial charge in [0.05, 0.1) is 23.8 Å². The number of nitrogens with zero attached hydrogens (tertiary/aromatic N) is 3. The van der Waals surface area contributed by atoms with Crippen LogP contribution in [0.15, 0.2) is 36.4 Å². The van der Waals surface area contributed by atoms with E-state index < -0.39 is 29.3 Å². The highest BCUT2D eigenvalue weighted by Crippen LogP contribution is 2.33. The molecule has 0 aromatic heterocycles. The molecule has 2 aromatic carbocycles. The van der Waals surface area contributed by atoms with Gasteiger partial charge in [0.15, 0.2) is 0 Å². The molecule has 2 aromatic rings. The van der Waals surface area contributed by atoms with E-state index in [9.17, 15) is 19.2 Å². The zero-order chi connectivity index (χ0) is 28.2. The van der Waals surface area contributed by atoms with E-state index in [4.69, 9.17) is 10.5 Å². The van der Waals surface area contributed by atoms with E-state index in [-0.39, 0.29) is 16.7 Å². The summed E-state index contributed by atoms with van der Waals surface area (Å²) in [4.78, 5) is 29.0. The first-order valence-corrected chi connectivity index (χ1v) is 13.5. The first kappa shape index (κ1) is 28.5. The third-order valence-corrected chi connectivity index (χ3v) is 7.51. The summed E-state index contributed by atoms with van der Waals surface area (Å²) in [6.07, 6.45) is 3.69. The van der Waals surface area contributed by atoms with E-state index >= 15 is 4.39 Å². The van der Waals surface area contributed by atoms with Gasteiger partial charge in [-0.15, -0.1) is 0 Å². The van der Waals surface area contributed by atoms with E-state index in [1.54, 1.807) is 38.1 Å². The van der Waals surface area contributed by atoms with Crippen molar-refractivity contribution in [1.82, 2.24) is 9.80 Å². The molecular formula is C30H36F2N4O3. The summed E-state index contributed by atoms with van der Waals surface area (Å²) in [5.74, 6) is -1.12. The van der Waals surface area contributed by atoms with E-state index in [0.29, 0.717) is 49.8 Å². The number of nitriles is 1. The molecule has 39 heavy (non-hydrogen) atoms. The standard InChI is InChI=1S/C30H36F2N4O3/c1-30(2,32)19-35-14-11-20(12-15-35)18-39-22-9-10-23(21(16-22)17-33)24-6-5-7-25(31)27(24)29(38)36-13-4-3-8-26(36)28(34)37/h5-7,9-10,16,20,26H,3-4,8,11-15,18-19H2,1-2H3,(H2,34,37)/t26-/m1/s1. The highest BCUT2D eigenvalue weighted by Gasteiger charge is 2.34. The maximum Gasteiger partial charge on any atom is 0.258 e. The second kappa shape index (κ2) is 12.1. The average molecular weight is 539 g/mol. The molecule has 2 saturated heterocycles. The first-order chi connectivity index (χ1) is 18.6. The molecule has 2 aliphatic heterocycles. The van der Waals surface area contributed by atoms with Crippen LogP contribution in [0.3, 0.4) is 0 Å². The van der Waals surface area contributed by atoms with Crippen LogP contribution < -0.4 is 10.5 Å². The Labute approximate surface area is 228 Å². The normalized spacial score (nSPS) is 18.9. The van der Waals surface area contributed by atoms with Crippen LogP contribution in [-0.4, -0.2) is 66.1 Å². The molecule has 2 N–H and O–H groups in total. The third kappa shape index (κ3) is 6.93. The predicted octanol–water partition coefficient (Wildman–Crippen LogP) is 4.68. The maximum atomic E-state index is 15.1.